The van der Waals surface area contributed by atoms with Crippen LogP contribution in [0.2, 0.25) is 0 Å². The summed E-state index contributed by atoms with van der Waals surface area (Å²) in [5.41, 5.74) is -1.62. The van der Waals surface area contributed by atoms with Gasteiger partial charge in [-0.15, -0.1) is 0 Å². The largest absolute Gasteiger partial charge is 0.416 e. The van der Waals surface area contributed by atoms with E-state index in [0.717, 1.165) is 19.1 Å². The van der Waals surface area contributed by atoms with E-state index in [4.69, 9.17) is 4.74 Å². The zero-order chi connectivity index (χ0) is 28.4. The number of nitrogens with zero attached hydrogens (tertiary/aromatic N) is 3. The molecule has 3 aromatic rings. The lowest BCUT2D eigenvalue weighted by Crippen LogP contribution is -2.43. The van der Waals surface area contributed by atoms with Gasteiger partial charge in [0.15, 0.2) is 5.65 Å². The summed E-state index contributed by atoms with van der Waals surface area (Å²) in [5.74, 6) is 0. The molecule has 0 amide bonds. The quantitative estimate of drug-likeness (QED) is 0.302. The molecule has 2 N–H and O–H groups in total. The summed E-state index contributed by atoms with van der Waals surface area (Å²) in [4.78, 5) is 13.1. The van der Waals surface area contributed by atoms with E-state index in [1.54, 1.807) is 19.2 Å². The van der Waals surface area contributed by atoms with Crippen molar-refractivity contribution in [1.82, 2.24) is 15.3 Å². The lowest BCUT2D eigenvalue weighted by Gasteiger charge is -2.33. The molecule has 0 saturated heterocycles. The Kier molecular flexibility index (Phi) is 7.99. The fraction of sp³-hybridized carbons (Fsp3) is 0.370. The Morgan fingerprint density at radius 1 is 1.03 bits per heavy atom. The average Bonchev–Trinajstić information content (AvgIpc) is 2.87. The van der Waals surface area contributed by atoms with Gasteiger partial charge in [0.2, 0.25) is 0 Å². The van der Waals surface area contributed by atoms with Crippen molar-refractivity contribution < 1.29 is 31.1 Å². The van der Waals surface area contributed by atoms with E-state index in [2.05, 4.69) is 25.6 Å². The second-order valence-electron chi connectivity index (χ2n) is 9.56. The number of nitrogens with one attached hydrogen (secondary N) is 2. The fourth-order valence-electron chi connectivity index (χ4n) is 4.22. The van der Waals surface area contributed by atoms with Gasteiger partial charge in [0.1, 0.15) is 5.41 Å². The summed E-state index contributed by atoms with van der Waals surface area (Å²) in [6, 6.07) is 9.25. The predicted octanol–water partition coefficient (Wildman–Crippen LogP) is 6.79. The number of fused-ring (bicyclic) bond motifs is 1. The van der Waals surface area contributed by atoms with Crippen molar-refractivity contribution in [3.8, 4) is 0 Å². The van der Waals surface area contributed by atoms with Crippen LogP contribution in [0.5, 0.6) is 0 Å². The maximum atomic E-state index is 14.0. The van der Waals surface area contributed by atoms with Gasteiger partial charge in [0, 0.05) is 37.0 Å². The third-order valence-electron chi connectivity index (χ3n) is 6.49. The number of aliphatic imine (C=N–C) groups is 1. The van der Waals surface area contributed by atoms with Gasteiger partial charge in [-0.25, -0.2) is 9.97 Å². The highest BCUT2D eigenvalue weighted by Gasteiger charge is 2.55. The number of aromatic nitrogens is 2. The van der Waals surface area contributed by atoms with Crippen molar-refractivity contribution in [3.63, 3.8) is 0 Å². The fourth-order valence-corrected chi connectivity index (χ4v) is 4.22. The SMILES string of the molecule is COCC(C)NCc1cc(Nc2ccc(C(F)(F)F)cc2)c2ccc(C3=NC=CCC3(C)C(F)(F)F)nc2n1. The minimum absolute atomic E-state index is 0.0195. The van der Waals surface area contributed by atoms with Crippen LogP contribution in [-0.2, 0) is 17.5 Å². The van der Waals surface area contributed by atoms with Crippen molar-refractivity contribution in [2.75, 3.05) is 19.0 Å². The lowest BCUT2D eigenvalue weighted by atomic mass is 9.78. The van der Waals surface area contributed by atoms with Crippen LogP contribution in [-0.4, -0.2) is 41.6 Å². The Morgan fingerprint density at radius 2 is 1.74 bits per heavy atom. The molecule has 208 valence electrons. The maximum Gasteiger partial charge on any atom is 0.416 e. The summed E-state index contributed by atoms with van der Waals surface area (Å²) in [7, 11) is 1.57. The molecule has 2 aromatic heterocycles. The number of rotatable bonds is 8. The molecule has 1 aliphatic rings. The highest BCUT2D eigenvalue weighted by atomic mass is 19.4. The summed E-state index contributed by atoms with van der Waals surface area (Å²) < 4.78 is 86.2. The normalized spacial score (nSPS) is 18.7. The standard InChI is InChI=1S/C27H27F6N5O/c1-16(15-39-3)35-14-19-13-22(36-18-7-5-17(6-8-18)26(28,29)30)20-9-10-21(38-24(20)37-19)23-25(2,27(31,32)33)11-4-12-34-23/h4-10,12-13,16,35H,11,14-15H2,1-3H3,(H,36,37,38). The number of benzene rings is 1. The second-order valence-corrected chi connectivity index (χ2v) is 9.56. The van der Waals surface area contributed by atoms with Gasteiger partial charge in [-0.05, 0) is 62.7 Å². The van der Waals surface area contributed by atoms with Gasteiger partial charge < -0.3 is 15.4 Å². The second kappa shape index (κ2) is 10.9. The van der Waals surface area contributed by atoms with E-state index in [-0.39, 0.29) is 36.1 Å². The van der Waals surface area contributed by atoms with Crippen molar-refractivity contribution >= 4 is 28.1 Å². The van der Waals surface area contributed by atoms with Crippen LogP contribution in [0.15, 0.2) is 59.7 Å². The van der Waals surface area contributed by atoms with Crippen LogP contribution < -0.4 is 10.6 Å². The van der Waals surface area contributed by atoms with E-state index in [1.165, 1.54) is 30.5 Å². The molecule has 2 unspecified atom stereocenters. The number of anilines is 2. The summed E-state index contributed by atoms with van der Waals surface area (Å²) in [5, 5.41) is 6.82. The minimum atomic E-state index is -4.56. The lowest BCUT2D eigenvalue weighted by molar-refractivity contribution is -0.191. The molecule has 2 atom stereocenters. The van der Waals surface area contributed by atoms with Gasteiger partial charge in [0.05, 0.1) is 35.0 Å². The number of allylic oxidation sites excluding steroid dienone is 1. The number of methoxy groups -OCH3 is 1. The van der Waals surface area contributed by atoms with Crippen LogP contribution in [0.4, 0.5) is 37.7 Å². The Morgan fingerprint density at radius 3 is 2.38 bits per heavy atom. The van der Waals surface area contributed by atoms with E-state index in [1.807, 2.05) is 6.92 Å². The number of hydrogen-bond acceptors (Lipinski definition) is 6. The van der Waals surface area contributed by atoms with Crippen molar-refractivity contribution in [3.05, 3.63) is 71.7 Å². The molecule has 0 fully saturated rings. The third kappa shape index (κ3) is 6.22. The van der Waals surface area contributed by atoms with Gasteiger partial charge in [0.25, 0.3) is 0 Å². The van der Waals surface area contributed by atoms with Gasteiger partial charge in [-0.3, -0.25) is 4.99 Å². The monoisotopic (exact) mass is 551 g/mol. The van der Waals surface area contributed by atoms with Crippen LogP contribution in [0.1, 0.15) is 37.2 Å². The average molecular weight is 552 g/mol. The van der Waals surface area contributed by atoms with Crippen molar-refractivity contribution in [1.29, 1.82) is 0 Å². The number of halogens is 6. The summed E-state index contributed by atoms with van der Waals surface area (Å²) in [6.07, 6.45) is -6.60. The predicted molar refractivity (Wildman–Crippen MR) is 137 cm³/mol. The molecule has 0 saturated carbocycles. The van der Waals surface area contributed by atoms with Gasteiger partial charge in [-0.1, -0.05) is 6.08 Å². The number of ether oxygens (including phenoxy) is 1. The topological polar surface area (TPSA) is 71.4 Å². The molecule has 0 bridgehead atoms. The molecule has 1 aliphatic heterocycles. The highest BCUT2D eigenvalue weighted by molar-refractivity contribution is 6.06. The van der Waals surface area contributed by atoms with Crippen LogP contribution in [0, 0.1) is 5.41 Å². The number of hydrogen-bond donors (Lipinski definition) is 2. The Hall–Kier alpha value is -3.51. The molecular weight excluding hydrogens is 524 g/mol. The van der Waals surface area contributed by atoms with E-state index in [0.29, 0.717) is 29.1 Å². The van der Waals surface area contributed by atoms with E-state index >= 15 is 0 Å². The smallest absolute Gasteiger partial charge is 0.383 e. The summed E-state index contributed by atoms with van der Waals surface area (Å²) >= 11 is 0. The molecule has 0 radical (unpaired) electrons. The Labute approximate surface area is 221 Å². The van der Waals surface area contributed by atoms with Crippen molar-refractivity contribution in [2.24, 2.45) is 10.4 Å². The zero-order valence-corrected chi connectivity index (χ0v) is 21.4. The first-order valence-electron chi connectivity index (χ1n) is 12.1. The third-order valence-corrected chi connectivity index (χ3v) is 6.49. The molecule has 12 heteroatoms. The summed E-state index contributed by atoms with van der Waals surface area (Å²) in [6.45, 7) is 3.73. The molecule has 4 rings (SSSR count). The minimum Gasteiger partial charge on any atom is -0.383 e. The molecular formula is C27H27F6N5O. The molecule has 6 nitrogen and oxygen atoms in total. The molecule has 0 spiro atoms. The molecule has 39 heavy (non-hydrogen) atoms. The van der Waals surface area contributed by atoms with E-state index < -0.39 is 23.3 Å². The molecule has 3 heterocycles. The number of pyridine rings is 2. The van der Waals surface area contributed by atoms with Gasteiger partial charge in [-0.2, -0.15) is 26.3 Å². The number of alkyl halides is 6. The van der Waals surface area contributed by atoms with Crippen LogP contribution in [0.25, 0.3) is 11.0 Å². The van der Waals surface area contributed by atoms with Crippen molar-refractivity contribution in [2.45, 2.75) is 45.2 Å². The molecule has 0 aliphatic carbocycles. The zero-order valence-electron chi connectivity index (χ0n) is 21.4. The van der Waals surface area contributed by atoms with Gasteiger partial charge >= 0.3 is 12.4 Å². The first-order chi connectivity index (χ1) is 18.3. The van der Waals surface area contributed by atoms with E-state index in [9.17, 15) is 26.3 Å². The van der Waals surface area contributed by atoms with Crippen LogP contribution in [0.3, 0.4) is 0 Å². The van der Waals surface area contributed by atoms with Crippen LogP contribution >= 0.6 is 0 Å². The maximum absolute atomic E-state index is 14.0. The highest BCUT2D eigenvalue weighted by Crippen LogP contribution is 2.45. The Balaban J connectivity index is 1.76. The Bertz CT molecular complexity index is 1380. The first-order valence-corrected chi connectivity index (χ1v) is 12.1. The first kappa shape index (κ1) is 28.5. The molecule has 1 aromatic carbocycles.